The second-order valence-corrected chi connectivity index (χ2v) is 5.16. The highest BCUT2D eigenvalue weighted by molar-refractivity contribution is 6.40. The van der Waals surface area contributed by atoms with Crippen LogP contribution in [0.1, 0.15) is 5.56 Å². The van der Waals surface area contributed by atoms with Gasteiger partial charge in [0.05, 0.1) is 13.2 Å². The maximum atomic E-state index is 12.6. The molecule has 0 aliphatic rings. The third-order valence-corrected chi connectivity index (χ3v) is 3.46. The van der Waals surface area contributed by atoms with Gasteiger partial charge in [-0.05, 0) is 17.7 Å². The fourth-order valence-electron chi connectivity index (χ4n) is 2.18. The molecule has 0 bridgehead atoms. The minimum Gasteiger partial charge on any atom is -0.395 e. The molecular weight excluding hydrogens is 292 g/mol. The van der Waals surface area contributed by atoms with Crippen LogP contribution < -0.4 is 4.90 Å². The minimum absolute atomic E-state index is 0.124. The number of rotatable bonds is 5. The Balaban J connectivity index is 2.26. The van der Waals surface area contributed by atoms with Crippen molar-refractivity contribution in [2.75, 3.05) is 25.1 Å². The Hall–Kier alpha value is -2.66. The molecule has 0 saturated carbocycles. The van der Waals surface area contributed by atoms with E-state index < -0.39 is 11.8 Å². The van der Waals surface area contributed by atoms with Crippen molar-refractivity contribution in [2.24, 2.45) is 0 Å². The van der Waals surface area contributed by atoms with Gasteiger partial charge in [-0.3, -0.25) is 14.5 Å². The van der Waals surface area contributed by atoms with Crippen LogP contribution in [0.15, 0.2) is 60.7 Å². The molecule has 0 aromatic heterocycles. The quantitative estimate of drug-likeness (QED) is 0.854. The predicted molar refractivity (Wildman–Crippen MR) is 88.8 cm³/mol. The summed E-state index contributed by atoms with van der Waals surface area (Å²) in [4.78, 5) is 27.6. The number of benzene rings is 2. The third kappa shape index (κ3) is 4.40. The predicted octanol–water partition coefficient (Wildman–Crippen LogP) is 1.67. The lowest BCUT2D eigenvalue weighted by molar-refractivity contribution is -0.143. The lowest BCUT2D eigenvalue weighted by atomic mass is 10.2. The molecule has 0 aliphatic carbocycles. The van der Waals surface area contributed by atoms with Gasteiger partial charge in [-0.1, -0.05) is 48.5 Å². The lowest BCUT2D eigenvalue weighted by Gasteiger charge is -2.25. The summed E-state index contributed by atoms with van der Waals surface area (Å²) in [6.07, 6.45) is 0. The number of likely N-dealkylation sites (N-methyl/N-ethyl adjacent to an activating group) is 1. The van der Waals surface area contributed by atoms with Crippen LogP contribution in [-0.4, -0.2) is 42.0 Å². The van der Waals surface area contributed by atoms with Gasteiger partial charge in [0, 0.05) is 19.3 Å². The number of para-hydroxylation sites is 1. The zero-order valence-corrected chi connectivity index (χ0v) is 13.1. The van der Waals surface area contributed by atoms with Crippen LogP contribution in [0, 0.1) is 0 Å². The van der Waals surface area contributed by atoms with Gasteiger partial charge in [0.25, 0.3) is 0 Å². The second kappa shape index (κ2) is 8.10. The molecule has 2 amide bonds. The molecule has 0 spiro atoms. The summed E-state index contributed by atoms with van der Waals surface area (Å²) >= 11 is 0. The molecule has 0 radical (unpaired) electrons. The van der Waals surface area contributed by atoms with E-state index in [4.69, 9.17) is 5.11 Å². The molecule has 2 aromatic rings. The maximum absolute atomic E-state index is 12.6. The maximum Gasteiger partial charge on any atom is 0.316 e. The molecule has 2 rings (SSSR count). The summed E-state index contributed by atoms with van der Waals surface area (Å²) in [5.41, 5.74) is 1.59. The monoisotopic (exact) mass is 312 g/mol. The van der Waals surface area contributed by atoms with Gasteiger partial charge >= 0.3 is 11.8 Å². The van der Waals surface area contributed by atoms with E-state index >= 15 is 0 Å². The Morgan fingerprint density at radius 3 is 2.04 bits per heavy atom. The Kier molecular flexibility index (Phi) is 5.88. The molecule has 2 aromatic carbocycles. The first-order chi connectivity index (χ1) is 11.1. The van der Waals surface area contributed by atoms with Crippen molar-refractivity contribution in [3.8, 4) is 0 Å². The smallest absolute Gasteiger partial charge is 0.316 e. The Morgan fingerprint density at radius 1 is 0.913 bits per heavy atom. The summed E-state index contributed by atoms with van der Waals surface area (Å²) in [6, 6.07) is 18.6. The second-order valence-electron chi connectivity index (χ2n) is 5.16. The highest BCUT2D eigenvalue weighted by Gasteiger charge is 2.26. The Bertz CT molecular complexity index is 644. The van der Waals surface area contributed by atoms with Crippen LogP contribution in [0.3, 0.4) is 0 Å². The minimum atomic E-state index is -0.640. The fraction of sp³-hybridized carbons (Fsp3) is 0.222. The molecule has 23 heavy (non-hydrogen) atoms. The first-order valence-electron chi connectivity index (χ1n) is 7.40. The van der Waals surface area contributed by atoms with Gasteiger partial charge in [0.15, 0.2) is 0 Å². The average Bonchev–Trinajstić information content (AvgIpc) is 2.60. The zero-order chi connectivity index (χ0) is 16.7. The number of carbonyl (C=O) groups excluding carboxylic acids is 2. The van der Waals surface area contributed by atoms with Crippen LogP contribution in [-0.2, 0) is 16.1 Å². The molecule has 0 unspecified atom stereocenters. The van der Waals surface area contributed by atoms with Gasteiger partial charge in [-0.15, -0.1) is 0 Å². The van der Waals surface area contributed by atoms with Crippen LogP contribution in [0.4, 0.5) is 5.69 Å². The molecule has 0 heterocycles. The summed E-state index contributed by atoms with van der Waals surface area (Å²) in [6.45, 7) is 0.250. The van der Waals surface area contributed by atoms with E-state index in [1.165, 1.54) is 16.8 Å². The average molecular weight is 312 g/mol. The first-order valence-corrected chi connectivity index (χ1v) is 7.40. The third-order valence-electron chi connectivity index (χ3n) is 3.46. The van der Waals surface area contributed by atoms with E-state index in [1.807, 2.05) is 48.5 Å². The topological polar surface area (TPSA) is 60.9 Å². The van der Waals surface area contributed by atoms with E-state index in [0.717, 1.165) is 5.56 Å². The van der Waals surface area contributed by atoms with E-state index in [1.54, 1.807) is 12.1 Å². The summed E-state index contributed by atoms with van der Waals surface area (Å²) in [7, 11) is 1.50. The molecule has 5 heteroatoms. The van der Waals surface area contributed by atoms with Gasteiger partial charge in [-0.25, -0.2) is 0 Å². The number of hydrogen-bond acceptors (Lipinski definition) is 3. The molecule has 120 valence electrons. The number of amides is 2. The van der Waals surface area contributed by atoms with E-state index in [-0.39, 0.29) is 13.2 Å². The van der Waals surface area contributed by atoms with Crippen molar-refractivity contribution in [1.82, 2.24) is 4.90 Å². The highest BCUT2D eigenvalue weighted by atomic mass is 16.3. The van der Waals surface area contributed by atoms with E-state index in [2.05, 4.69) is 0 Å². The van der Waals surface area contributed by atoms with Gasteiger partial charge in [-0.2, -0.15) is 0 Å². The standard InChI is InChI=1S/C18H20N2O3/c1-19(12-13-21)17(22)18(23)20(16-10-6-3-7-11-16)14-15-8-4-2-5-9-15/h2-11,21H,12-14H2,1H3. The van der Waals surface area contributed by atoms with Crippen molar-refractivity contribution in [3.63, 3.8) is 0 Å². The number of hydrogen-bond donors (Lipinski definition) is 1. The first kappa shape index (κ1) is 16.7. The molecule has 5 nitrogen and oxygen atoms in total. The van der Waals surface area contributed by atoms with Gasteiger partial charge in [0.2, 0.25) is 0 Å². The highest BCUT2D eigenvalue weighted by Crippen LogP contribution is 2.17. The number of nitrogens with zero attached hydrogens (tertiary/aromatic N) is 2. The van der Waals surface area contributed by atoms with Crippen molar-refractivity contribution in [1.29, 1.82) is 0 Å². The molecule has 0 atom stereocenters. The molecule has 0 saturated heterocycles. The lowest BCUT2D eigenvalue weighted by Crippen LogP contribution is -2.44. The van der Waals surface area contributed by atoms with Crippen molar-refractivity contribution < 1.29 is 14.7 Å². The van der Waals surface area contributed by atoms with Crippen molar-refractivity contribution >= 4 is 17.5 Å². The molecule has 0 fully saturated rings. The summed E-state index contributed by atoms with van der Waals surface area (Å²) in [5.74, 6) is -1.25. The van der Waals surface area contributed by atoms with Crippen molar-refractivity contribution in [2.45, 2.75) is 6.54 Å². The van der Waals surface area contributed by atoms with Crippen LogP contribution in [0.25, 0.3) is 0 Å². The van der Waals surface area contributed by atoms with Crippen molar-refractivity contribution in [3.05, 3.63) is 66.2 Å². The molecule has 0 aliphatic heterocycles. The van der Waals surface area contributed by atoms with E-state index in [9.17, 15) is 9.59 Å². The summed E-state index contributed by atoms with van der Waals surface area (Å²) in [5, 5.41) is 8.94. The number of carbonyl (C=O) groups is 2. The Labute approximate surface area is 135 Å². The van der Waals surface area contributed by atoms with Gasteiger partial charge in [0.1, 0.15) is 0 Å². The fourth-order valence-corrected chi connectivity index (χ4v) is 2.18. The van der Waals surface area contributed by atoms with E-state index in [0.29, 0.717) is 12.2 Å². The van der Waals surface area contributed by atoms with Crippen LogP contribution in [0.2, 0.25) is 0 Å². The van der Waals surface area contributed by atoms with Crippen LogP contribution in [0.5, 0.6) is 0 Å². The normalized spacial score (nSPS) is 10.2. The van der Waals surface area contributed by atoms with Crippen LogP contribution >= 0.6 is 0 Å². The number of anilines is 1. The molecular formula is C18H20N2O3. The number of aliphatic hydroxyl groups excluding tert-OH is 1. The Morgan fingerprint density at radius 2 is 1.48 bits per heavy atom. The molecule has 1 N–H and O–H groups in total. The summed E-state index contributed by atoms with van der Waals surface area (Å²) < 4.78 is 0. The zero-order valence-electron chi connectivity index (χ0n) is 13.1. The largest absolute Gasteiger partial charge is 0.395 e. The number of aliphatic hydroxyl groups is 1. The SMILES string of the molecule is CN(CCO)C(=O)C(=O)N(Cc1ccccc1)c1ccccc1. The van der Waals surface area contributed by atoms with Gasteiger partial charge < -0.3 is 10.0 Å².